The largest absolute Gasteiger partial charge is 0.416 e. The molecule has 0 atom stereocenters. The lowest BCUT2D eigenvalue weighted by molar-refractivity contribution is -0.137. The Labute approximate surface area is 156 Å². The van der Waals surface area contributed by atoms with Gasteiger partial charge in [0.25, 0.3) is 5.91 Å². The van der Waals surface area contributed by atoms with Gasteiger partial charge in [-0.05, 0) is 37.1 Å². The first-order chi connectivity index (χ1) is 12.8. The molecule has 1 aromatic carbocycles. The van der Waals surface area contributed by atoms with Gasteiger partial charge in [-0.2, -0.15) is 13.2 Å². The predicted molar refractivity (Wildman–Crippen MR) is 97.0 cm³/mol. The highest BCUT2D eigenvalue weighted by atomic mass is 19.4. The highest BCUT2D eigenvalue weighted by Gasteiger charge is 2.32. The molecule has 0 bridgehead atoms. The van der Waals surface area contributed by atoms with E-state index in [1.807, 2.05) is 0 Å². The smallest absolute Gasteiger partial charge is 0.339 e. The molecule has 0 spiro atoms. The Morgan fingerprint density at radius 1 is 1.07 bits per heavy atom. The fourth-order valence-electron chi connectivity index (χ4n) is 3.14. The quantitative estimate of drug-likeness (QED) is 0.705. The van der Waals surface area contributed by atoms with Crippen LogP contribution in [0.2, 0.25) is 0 Å². The fourth-order valence-corrected chi connectivity index (χ4v) is 3.14. The van der Waals surface area contributed by atoms with Gasteiger partial charge in [-0.25, -0.2) is 0 Å². The summed E-state index contributed by atoms with van der Waals surface area (Å²) in [6, 6.07) is 4.20. The number of halogens is 3. The van der Waals surface area contributed by atoms with Crippen molar-refractivity contribution in [3.8, 4) is 0 Å². The van der Waals surface area contributed by atoms with Crippen LogP contribution in [0.3, 0.4) is 0 Å². The van der Waals surface area contributed by atoms with E-state index in [2.05, 4.69) is 13.2 Å². The minimum absolute atomic E-state index is 0.0106. The lowest BCUT2D eigenvalue weighted by Crippen LogP contribution is -2.44. The van der Waals surface area contributed by atoms with Gasteiger partial charge in [-0.3, -0.25) is 9.59 Å². The molecule has 146 valence electrons. The number of rotatable bonds is 6. The maximum absolute atomic E-state index is 12.6. The first kappa shape index (κ1) is 20.7. The number of hydrogen-bond acceptors (Lipinski definition) is 2. The first-order valence-corrected chi connectivity index (χ1v) is 8.75. The number of alkyl halides is 3. The van der Waals surface area contributed by atoms with E-state index in [0.717, 1.165) is 12.1 Å². The van der Waals surface area contributed by atoms with Crippen molar-refractivity contribution in [3.05, 3.63) is 60.7 Å². The van der Waals surface area contributed by atoms with Gasteiger partial charge in [-0.15, -0.1) is 13.2 Å². The molecule has 7 heteroatoms. The number of likely N-dealkylation sites (tertiary alicyclic amines) is 1. The zero-order chi connectivity index (χ0) is 20.0. The topological polar surface area (TPSA) is 40.6 Å². The Morgan fingerprint density at radius 2 is 1.59 bits per heavy atom. The second-order valence-corrected chi connectivity index (χ2v) is 6.46. The fraction of sp³-hybridized carbons (Fsp3) is 0.400. The average Bonchev–Trinajstić information content (AvgIpc) is 2.66. The van der Waals surface area contributed by atoms with Crippen molar-refractivity contribution in [2.45, 2.75) is 19.0 Å². The van der Waals surface area contributed by atoms with E-state index in [0.29, 0.717) is 39.0 Å². The zero-order valence-corrected chi connectivity index (χ0v) is 15.0. The standard InChI is InChI=1S/C20H23F3N2O2/c1-3-11-24(12-4-2)19(27)16-9-13-25(14-10-16)18(26)15-5-7-17(8-6-15)20(21,22)23/h3-8,16H,1-2,9-14H2. The van der Waals surface area contributed by atoms with Crippen molar-refractivity contribution in [1.29, 1.82) is 0 Å². The number of hydrogen-bond donors (Lipinski definition) is 0. The first-order valence-electron chi connectivity index (χ1n) is 8.75. The third-order valence-corrected chi connectivity index (χ3v) is 4.60. The normalized spacial score (nSPS) is 15.3. The number of carbonyl (C=O) groups excluding carboxylic acids is 2. The van der Waals surface area contributed by atoms with Crippen LogP contribution >= 0.6 is 0 Å². The van der Waals surface area contributed by atoms with E-state index in [1.165, 1.54) is 12.1 Å². The molecule has 0 unspecified atom stereocenters. The summed E-state index contributed by atoms with van der Waals surface area (Å²) in [6.07, 6.45) is -0.0651. The van der Waals surface area contributed by atoms with Gasteiger partial charge in [0.05, 0.1) is 5.56 Å². The van der Waals surface area contributed by atoms with Crippen LogP contribution in [0, 0.1) is 5.92 Å². The van der Waals surface area contributed by atoms with Gasteiger partial charge < -0.3 is 9.80 Å². The molecule has 1 heterocycles. The third-order valence-electron chi connectivity index (χ3n) is 4.60. The average molecular weight is 380 g/mol. The highest BCUT2D eigenvalue weighted by Crippen LogP contribution is 2.29. The van der Waals surface area contributed by atoms with Gasteiger partial charge in [0, 0.05) is 37.7 Å². The third kappa shape index (κ3) is 5.21. The van der Waals surface area contributed by atoms with Crippen LogP contribution in [-0.2, 0) is 11.0 Å². The summed E-state index contributed by atoms with van der Waals surface area (Å²) >= 11 is 0. The van der Waals surface area contributed by atoms with Crippen LogP contribution in [-0.4, -0.2) is 47.8 Å². The molecule has 2 rings (SSSR count). The van der Waals surface area contributed by atoms with Crippen molar-refractivity contribution < 1.29 is 22.8 Å². The molecule has 0 radical (unpaired) electrons. The van der Waals surface area contributed by atoms with Gasteiger partial charge in [0.2, 0.25) is 5.91 Å². The van der Waals surface area contributed by atoms with Gasteiger partial charge in [0.1, 0.15) is 0 Å². The molecule has 0 saturated carbocycles. The maximum atomic E-state index is 12.6. The molecule has 0 aliphatic carbocycles. The molecule has 1 aliphatic rings. The van der Waals surface area contributed by atoms with Gasteiger partial charge >= 0.3 is 6.18 Å². The van der Waals surface area contributed by atoms with Gasteiger partial charge in [0.15, 0.2) is 0 Å². The molecular formula is C20H23F3N2O2. The molecule has 1 saturated heterocycles. The summed E-state index contributed by atoms with van der Waals surface area (Å²) in [4.78, 5) is 28.3. The minimum Gasteiger partial charge on any atom is -0.339 e. The van der Waals surface area contributed by atoms with Crippen LogP contribution in [0.25, 0.3) is 0 Å². The Morgan fingerprint density at radius 3 is 2.04 bits per heavy atom. The van der Waals surface area contributed by atoms with Crippen LogP contribution in [0.15, 0.2) is 49.6 Å². The maximum Gasteiger partial charge on any atom is 0.416 e. The minimum atomic E-state index is -4.43. The van der Waals surface area contributed by atoms with E-state index >= 15 is 0 Å². The number of piperidine rings is 1. The summed E-state index contributed by atoms with van der Waals surface area (Å²) < 4.78 is 37.9. The highest BCUT2D eigenvalue weighted by molar-refractivity contribution is 5.94. The second-order valence-electron chi connectivity index (χ2n) is 6.46. The lowest BCUT2D eigenvalue weighted by atomic mass is 9.94. The Bertz CT molecular complexity index is 680. The van der Waals surface area contributed by atoms with Crippen molar-refractivity contribution in [2.24, 2.45) is 5.92 Å². The number of amides is 2. The Hall–Kier alpha value is -2.57. The van der Waals surface area contributed by atoms with E-state index in [-0.39, 0.29) is 23.3 Å². The lowest BCUT2D eigenvalue weighted by Gasteiger charge is -2.34. The molecule has 0 N–H and O–H groups in total. The van der Waals surface area contributed by atoms with Crippen molar-refractivity contribution in [1.82, 2.24) is 9.80 Å². The van der Waals surface area contributed by atoms with E-state index < -0.39 is 11.7 Å². The van der Waals surface area contributed by atoms with E-state index in [1.54, 1.807) is 22.0 Å². The SMILES string of the molecule is C=CCN(CC=C)C(=O)C1CCN(C(=O)c2ccc(C(F)(F)F)cc2)CC1. The summed E-state index contributed by atoms with van der Waals surface area (Å²) in [7, 11) is 0. The molecule has 1 aromatic rings. The summed E-state index contributed by atoms with van der Waals surface area (Å²) in [5, 5.41) is 0. The van der Waals surface area contributed by atoms with Crippen molar-refractivity contribution in [3.63, 3.8) is 0 Å². The Balaban J connectivity index is 1.96. The Kier molecular flexibility index (Phi) is 6.82. The second kappa shape index (κ2) is 8.88. The van der Waals surface area contributed by atoms with E-state index in [4.69, 9.17) is 0 Å². The predicted octanol–water partition coefficient (Wildman–Crippen LogP) is 3.76. The molecule has 2 amide bonds. The molecular weight excluding hydrogens is 357 g/mol. The van der Waals surface area contributed by atoms with Gasteiger partial charge in [-0.1, -0.05) is 12.2 Å². The number of benzene rings is 1. The van der Waals surface area contributed by atoms with Crippen LogP contribution < -0.4 is 0 Å². The zero-order valence-electron chi connectivity index (χ0n) is 15.0. The summed E-state index contributed by atoms with van der Waals surface area (Å²) in [5.74, 6) is -0.485. The molecule has 27 heavy (non-hydrogen) atoms. The van der Waals surface area contributed by atoms with Crippen LogP contribution in [0.4, 0.5) is 13.2 Å². The summed E-state index contributed by atoms with van der Waals surface area (Å²) in [5.41, 5.74) is -0.569. The van der Waals surface area contributed by atoms with Crippen molar-refractivity contribution in [2.75, 3.05) is 26.2 Å². The van der Waals surface area contributed by atoms with E-state index in [9.17, 15) is 22.8 Å². The van der Waals surface area contributed by atoms with Crippen LogP contribution in [0.1, 0.15) is 28.8 Å². The molecule has 1 fully saturated rings. The molecule has 0 aromatic heterocycles. The number of carbonyl (C=O) groups is 2. The number of nitrogens with zero attached hydrogens (tertiary/aromatic N) is 2. The van der Waals surface area contributed by atoms with Crippen molar-refractivity contribution >= 4 is 11.8 Å². The molecule has 4 nitrogen and oxygen atoms in total. The monoisotopic (exact) mass is 380 g/mol. The van der Waals surface area contributed by atoms with Crippen LogP contribution in [0.5, 0.6) is 0 Å². The summed E-state index contributed by atoms with van der Waals surface area (Å²) in [6.45, 7) is 8.97. The molecule has 1 aliphatic heterocycles.